The van der Waals surface area contributed by atoms with Crippen LogP contribution in [0, 0.1) is 13.8 Å². The van der Waals surface area contributed by atoms with Crippen molar-refractivity contribution in [3.05, 3.63) is 106 Å². The van der Waals surface area contributed by atoms with Gasteiger partial charge in [0.1, 0.15) is 0 Å². The fourth-order valence-corrected chi connectivity index (χ4v) is 2.99. The van der Waals surface area contributed by atoms with Crippen LogP contribution in [0.5, 0.6) is 0 Å². The van der Waals surface area contributed by atoms with Gasteiger partial charge in [-0.3, -0.25) is 9.59 Å². The summed E-state index contributed by atoms with van der Waals surface area (Å²) in [4.78, 5) is 24.6. The van der Waals surface area contributed by atoms with E-state index in [0.29, 0.717) is 24.2 Å². The van der Waals surface area contributed by atoms with Gasteiger partial charge in [0, 0.05) is 24.2 Å². The molecule has 2 N–H and O–H groups in total. The molecule has 3 rings (SSSR count). The van der Waals surface area contributed by atoms with E-state index in [1.807, 2.05) is 86.6 Å². The maximum Gasteiger partial charge on any atom is 0.251 e. The van der Waals surface area contributed by atoms with Gasteiger partial charge >= 0.3 is 0 Å². The lowest BCUT2D eigenvalue weighted by Crippen LogP contribution is -2.24. The van der Waals surface area contributed by atoms with Crippen molar-refractivity contribution in [2.45, 2.75) is 26.9 Å². The topological polar surface area (TPSA) is 58.2 Å². The maximum atomic E-state index is 12.3. The van der Waals surface area contributed by atoms with Crippen LogP contribution in [0.25, 0.3) is 0 Å². The van der Waals surface area contributed by atoms with Crippen LogP contribution in [-0.2, 0) is 13.1 Å². The molecule has 0 aromatic heterocycles. The van der Waals surface area contributed by atoms with E-state index in [1.54, 1.807) is 0 Å². The van der Waals surface area contributed by atoms with Crippen LogP contribution in [0.4, 0.5) is 0 Å². The molecule has 142 valence electrons. The molecule has 0 saturated carbocycles. The molecular formula is C24H24N2O2. The summed E-state index contributed by atoms with van der Waals surface area (Å²) in [5.41, 5.74) is 5.32. The van der Waals surface area contributed by atoms with Crippen molar-refractivity contribution >= 4 is 11.8 Å². The summed E-state index contributed by atoms with van der Waals surface area (Å²) in [5.74, 6) is -0.152. The van der Waals surface area contributed by atoms with Crippen LogP contribution in [-0.4, -0.2) is 11.8 Å². The number of rotatable bonds is 6. The van der Waals surface area contributed by atoms with Gasteiger partial charge in [-0.05, 0) is 48.2 Å². The van der Waals surface area contributed by atoms with Gasteiger partial charge in [-0.1, -0.05) is 60.7 Å². The minimum Gasteiger partial charge on any atom is -0.348 e. The molecule has 0 fully saturated rings. The zero-order valence-electron chi connectivity index (χ0n) is 16.2. The smallest absolute Gasteiger partial charge is 0.251 e. The zero-order chi connectivity index (χ0) is 19.9. The second-order valence-corrected chi connectivity index (χ2v) is 6.81. The minimum absolute atomic E-state index is 0.0762. The third kappa shape index (κ3) is 4.86. The second kappa shape index (κ2) is 9.00. The normalized spacial score (nSPS) is 10.4. The molecule has 0 atom stereocenters. The van der Waals surface area contributed by atoms with E-state index >= 15 is 0 Å². The summed E-state index contributed by atoms with van der Waals surface area (Å²) in [7, 11) is 0. The number of hydrogen-bond donors (Lipinski definition) is 2. The number of amides is 2. The van der Waals surface area contributed by atoms with Gasteiger partial charge in [0.2, 0.25) is 0 Å². The summed E-state index contributed by atoms with van der Waals surface area (Å²) in [6.45, 7) is 4.77. The molecule has 3 aromatic rings. The molecule has 28 heavy (non-hydrogen) atoms. The molecule has 4 heteroatoms. The highest BCUT2D eigenvalue weighted by Gasteiger charge is 2.09. The first-order valence-corrected chi connectivity index (χ1v) is 9.30. The average molecular weight is 372 g/mol. The third-order valence-electron chi connectivity index (χ3n) is 4.71. The van der Waals surface area contributed by atoms with E-state index in [2.05, 4.69) is 10.6 Å². The van der Waals surface area contributed by atoms with E-state index < -0.39 is 0 Å². The van der Waals surface area contributed by atoms with Crippen molar-refractivity contribution in [2.75, 3.05) is 0 Å². The number of hydrogen-bond acceptors (Lipinski definition) is 2. The van der Waals surface area contributed by atoms with Gasteiger partial charge in [0.25, 0.3) is 11.8 Å². The number of benzene rings is 3. The fourth-order valence-electron chi connectivity index (χ4n) is 2.99. The Morgan fingerprint density at radius 3 is 1.32 bits per heavy atom. The Hall–Kier alpha value is -3.40. The average Bonchev–Trinajstić information content (AvgIpc) is 2.71. The summed E-state index contributed by atoms with van der Waals surface area (Å²) >= 11 is 0. The van der Waals surface area contributed by atoms with Gasteiger partial charge in [0.15, 0.2) is 0 Å². The molecule has 0 radical (unpaired) electrons. The molecule has 0 spiro atoms. The molecule has 0 unspecified atom stereocenters. The highest BCUT2D eigenvalue weighted by Crippen LogP contribution is 2.10. The highest BCUT2D eigenvalue weighted by atomic mass is 16.2. The second-order valence-electron chi connectivity index (χ2n) is 6.81. The number of aryl methyl sites for hydroxylation is 2. The first-order chi connectivity index (χ1) is 13.5. The predicted molar refractivity (Wildman–Crippen MR) is 111 cm³/mol. The SMILES string of the molecule is Cc1ccccc1C(=O)NCc1ccc(CNC(=O)c2ccccc2C)cc1. The van der Waals surface area contributed by atoms with Crippen LogP contribution in [0.3, 0.4) is 0 Å². The van der Waals surface area contributed by atoms with Gasteiger partial charge < -0.3 is 10.6 Å². The monoisotopic (exact) mass is 372 g/mol. The number of nitrogens with one attached hydrogen (secondary N) is 2. The first kappa shape index (κ1) is 19.4. The van der Waals surface area contributed by atoms with Crippen LogP contribution < -0.4 is 10.6 Å². The van der Waals surface area contributed by atoms with Crippen LogP contribution in [0.2, 0.25) is 0 Å². The van der Waals surface area contributed by atoms with Crippen LogP contribution in [0.1, 0.15) is 43.0 Å². The van der Waals surface area contributed by atoms with Crippen LogP contribution in [0.15, 0.2) is 72.8 Å². The van der Waals surface area contributed by atoms with Crippen molar-refractivity contribution in [1.82, 2.24) is 10.6 Å². The Morgan fingerprint density at radius 2 is 0.964 bits per heavy atom. The Balaban J connectivity index is 1.52. The summed E-state index contributed by atoms with van der Waals surface area (Å²) < 4.78 is 0. The van der Waals surface area contributed by atoms with E-state index in [4.69, 9.17) is 0 Å². The summed E-state index contributed by atoms with van der Waals surface area (Å²) in [6.07, 6.45) is 0. The molecule has 0 heterocycles. The zero-order valence-corrected chi connectivity index (χ0v) is 16.2. The molecule has 2 amide bonds. The van der Waals surface area contributed by atoms with Gasteiger partial charge in [-0.25, -0.2) is 0 Å². The standard InChI is InChI=1S/C24H24N2O2/c1-17-7-3-5-9-21(17)23(27)25-15-19-11-13-20(14-12-19)16-26-24(28)22-10-6-4-8-18(22)2/h3-14H,15-16H2,1-2H3,(H,25,27)(H,26,28). The van der Waals surface area contributed by atoms with Crippen molar-refractivity contribution in [3.8, 4) is 0 Å². The van der Waals surface area contributed by atoms with Crippen molar-refractivity contribution < 1.29 is 9.59 Å². The van der Waals surface area contributed by atoms with E-state index in [-0.39, 0.29) is 11.8 Å². The molecule has 0 saturated heterocycles. The molecular weight excluding hydrogens is 348 g/mol. The van der Waals surface area contributed by atoms with Gasteiger partial charge in [0.05, 0.1) is 0 Å². The Bertz CT molecular complexity index is 897. The molecule has 4 nitrogen and oxygen atoms in total. The van der Waals surface area contributed by atoms with E-state index in [0.717, 1.165) is 22.3 Å². The first-order valence-electron chi connectivity index (χ1n) is 9.30. The Labute approximate surface area is 165 Å². The largest absolute Gasteiger partial charge is 0.348 e. The molecule has 0 aliphatic rings. The van der Waals surface area contributed by atoms with Crippen molar-refractivity contribution in [3.63, 3.8) is 0 Å². The van der Waals surface area contributed by atoms with Crippen molar-refractivity contribution in [2.24, 2.45) is 0 Å². The van der Waals surface area contributed by atoms with Crippen molar-refractivity contribution in [1.29, 1.82) is 0 Å². The number of carbonyl (C=O) groups excluding carboxylic acids is 2. The minimum atomic E-state index is -0.0762. The Morgan fingerprint density at radius 1 is 0.607 bits per heavy atom. The quantitative estimate of drug-likeness (QED) is 0.682. The van der Waals surface area contributed by atoms with E-state index in [9.17, 15) is 9.59 Å². The van der Waals surface area contributed by atoms with Crippen LogP contribution >= 0.6 is 0 Å². The molecule has 0 bridgehead atoms. The number of carbonyl (C=O) groups is 2. The van der Waals surface area contributed by atoms with Gasteiger partial charge in [-0.15, -0.1) is 0 Å². The predicted octanol–water partition coefficient (Wildman–Crippen LogP) is 4.16. The summed E-state index contributed by atoms with van der Waals surface area (Å²) in [6, 6.07) is 22.9. The third-order valence-corrected chi connectivity index (χ3v) is 4.71. The molecule has 3 aromatic carbocycles. The van der Waals surface area contributed by atoms with E-state index in [1.165, 1.54) is 0 Å². The highest BCUT2D eigenvalue weighted by molar-refractivity contribution is 5.96. The fraction of sp³-hybridized carbons (Fsp3) is 0.167. The lowest BCUT2D eigenvalue weighted by molar-refractivity contribution is 0.0942. The molecule has 0 aliphatic heterocycles. The Kier molecular flexibility index (Phi) is 6.22. The lowest BCUT2D eigenvalue weighted by Gasteiger charge is -2.10. The maximum absolute atomic E-state index is 12.3. The lowest BCUT2D eigenvalue weighted by atomic mass is 10.1. The summed E-state index contributed by atoms with van der Waals surface area (Å²) in [5, 5.41) is 5.89. The van der Waals surface area contributed by atoms with Gasteiger partial charge in [-0.2, -0.15) is 0 Å². The molecule has 0 aliphatic carbocycles.